The highest BCUT2D eigenvalue weighted by molar-refractivity contribution is 6.30. The van der Waals surface area contributed by atoms with Crippen LogP contribution in [0.1, 0.15) is 0 Å². The molecule has 0 aliphatic heterocycles. The van der Waals surface area contributed by atoms with E-state index in [4.69, 9.17) is 17.3 Å². The molecule has 3 N–H and O–H groups in total. The van der Waals surface area contributed by atoms with Gasteiger partial charge in [0.05, 0.1) is 11.8 Å². The molecule has 0 saturated heterocycles. The molecule has 6 heteroatoms. The summed E-state index contributed by atoms with van der Waals surface area (Å²) in [4.78, 5) is 0. The Balaban J connectivity index is 2.22. The van der Waals surface area contributed by atoms with Gasteiger partial charge in [0.1, 0.15) is 11.5 Å². The number of hydrogen-bond donors (Lipinski definition) is 2. The van der Waals surface area contributed by atoms with Gasteiger partial charge in [-0.25, -0.2) is 0 Å². The van der Waals surface area contributed by atoms with Crippen molar-refractivity contribution in [2.45, 2.75) is 0 Å². The molecule has 5 nitrogen and oxygen atoms in total. The summed E-state index contributed by atoms with van der Waals surface area (Å²) in [5.41, 5.74) is 9.69. The summed E-state index contributed by atoms with van der Waals surface area (Å²) in [6.45, 7) is 0. The molecule has 96 valence electrons. The first-order valence-corrected chi connectivity index (χ1v) is 6.12. The van der Waals surface area contributed by atoms with Gasteiger partial charge in [0, 0.05) is 23.8 Å². The first-order chi connectivity index (χ1) is 9.16. The number of nitrogens with two attached hydrogens (primary N) is 1. The average molecular weight is 274 g/mol. The number of nitrogen functional groups attached to an aromatic ring is 1. The molecule has 0 saturated carbocycles. The van der Waals surface area contributed by atoms with E-state index in [2.05, 4.69) is 15.3 Å². The lowest BCUT2D eigenvalue weighted by Gasteiger charge is -2.03. The van der Waals surface area contributed by atoms with Crippen molar-refractivity contribution in [1.29, 1.82) is 0 Å². The van der Waals surface area contributed by atoms with Gasteiger partial charge in [-0.15, -0.1) is 0 Å². The SMILES string of the molecule is Cn1nc(-c2cn[nH]c2)c(-c2ccc(Cl)cc2)c1N. The number of aryl methyl sites for hydroxylation is 1. The van der Waals surface area contributed by atoms with E-state index in [1.807, 2.05) is 31.3 Å². The normalized spacial score (nSPS) is 10.8. The summed E-state index contributed by atoms with van der Waals surface area (Å²) in [5, 5.41) is 11.9. The molecular weight excluding hydrogens is 262 g/mol. The molecule has 3 rings (SSSR count). The molecule has 0 spiro atoms. The van der Waals surface area contributed by atoms with Crippen molar-refractivity contribution >= 4 is 17.4 Å². The van der Waals surface area contributed by atoms with Crippen LogP contribution < -0.4 is 5.73 Å². The molecule has 0 atom stereocenters. The zero-order chi connectivity index (χ0) is 13.4. The van der Waals surface area contributed by atoms with Crippen LogP contribution in [0.2, 0.25) is 5.02 Å². The molecule has 0 aliphatic carbocycles. The summed E-state index contributed by atoms with van der Waals surface area (Å²) in [5.74, 6) is 0.610. The molecule has 0 unspecified atom stereocenters. The molecular formula is C13H12ClN5. The van der Waals surface area contributed by atoms with Crippen LogP contribution in [0, 0.1) is 0 Å². The van der Waals surface area contributed by atoms with E-state index in [-0.39, 0.29) is 0 Å². The smallest absolute Gasteiger partial charge is 0.129 e. The fraction of sp³-hybridized carbons (Fsp3) is 0.0769. The zero-order valence-corrected chi connectivity index (χ0v) is 11.0. The number of aromatic amines is 1. The van der Waals surface area contributed by atoms with Crippen LogP contribution >= 0.6 is 11.6 Å². The second-order valence-electron chi connectivity index (χ2n) is 4.23. The Labute approximate surface area is 115 Å². The third-order valence-electron chi connectivity index (χ3n) is 3.00. The van der Waals surface area contributed by atoms with Crippen molar-refractivity contribution in [2.24, 2.45) is 7.05 Å². The monoisotopic (exact) mass is 273 g/mol. The maximum atomic E-state index is 6.12. The number of aromatic nitrogens is 4. The van der Waals surface area contributed by atoms with Gasteiger partial charge < -0.3 is 5.73 Å². The van der Waals surface area contributed by atoms with Crippen molar-refractivity contribution < 1.29 is 0 Å². The molecule has 2 aromatic heterocycles. The minimum absolute atomic E-state index is 0.610. The van der Waals surface area contributed by atoms with Crippen LogP contribution in [0.3, 0.4) is 0 Å². The van der Waals surface area contributed by atoms with E-state index in [0.29, 0.717) is 10.8 Å². The summed E-state index contributed by atoms with van der Waals surface area (Å²) < 4.78 is 1.66. The molecule has 19 heavy (non-hydrogen) atoms. The quantitative estimate of drug-likeness (QED) is 0.754. The Kier molecular flexibility index (Phi) is 2.76. The Bertz CT molecular complexity index is 697. The Morgan fingerprint density at radius 2 is 1.95 bits per heavy atom. The molecule has 0 amide bonds. The first kappa shape index (κ1) is 11.8. The van der Waals surface area contributed by atoms with Crippen molar-refractivity contribution in [3.8, 4) is 22.4 Å². The van der Waals surface area contributed by atoms with Crippen LogP contribution in [-0.4, -0.2) is 20.0 Å². The van der Waals surface area contributed by atoms with E-state index < -0.39 is 0 Å². The lowest BCUT2D eigenvalue weighted by Crippen LogP contribution is -1.97. The van der Waals surface area contributed by atoms with E-state index >= 15 is 0 Å². The van der Waals surface area contributed by atoms with Crippen molar-refractivity contribution in [2.75, 3.05) is 5.73 Å². The molecule has 0 radical (unpaired) electrons. The summed E-state index contributed by atoms with van der Waals surface area (Å²) in [6.07, 6.45) is 3.52. The highest BCUT2D eigenvalue weighted by atomic mass is 35.5. The van der Waals surface area contributed by atoms with Crippen molar-refractivity contribution in [3.05, 3.63) is 41.7 Å². The number of rotatable bonds is 2. The van der Waals surface area contributed by atoms with Crippen LogP contribution in [0.15, 0.2) is 36.7 Å². The van der Waals surface area contributed by atoms with Crippen molar-refractivity contribution in [1.82, 2.24) is 20.0 Å². The number of benzene rings is 1. The Morgan fingerprint density at radius 1 is 1.21 bits per heavy atom. The second-order valence-corrected chi connectivity index (χ2v) is 4.66. The number of anilines is 1. The minimum atomic E-state index is 0.610. The van der Waals surface area contributed by atoms with Gasteiger partial charge in [0.15, 0.2) is 0 Å². The summed E-state index contributed by atoms with van der Waals surface area (Å²) in [7, 11) is 1.82. The molecule has 1 aromatic carbocycles. The van der Waals surface area contributed by atoms with Gasteiger partial charge in [-0.2, -0.15) is 10.2 Å². The number of nitrogens with zero attached hydrogens (tertiary/aromatic N) is 3. The maximum absolute atomic E-state index is 6.12. The van der Waals surface area contributed by atoms with E-state index in [1.165, 1.54) is 0 Å². The first-order valence-electron chi connectivity index (χ1n) is 5.74. The highest BCUT2D eigenvalue weighted by Crippen LogP contribution is 2.35. The van der Waals surface area contributed by atoms with Gasteiger partial charge in [0.2, 0.25) is 0 Å². The lowest BCUT2D eigenvalue weighted by atomic mass is 10.0. The maximum Gasteiger partial charge on any atom is 0.129 e. The zero-order valence-electron chi connectivity index (χ0n) is 10.3. The van der Waals surface area contributed by atoms with Gasteiger partial charge in [0.25, 0.3) is 0 Å². The van der Waals surface area contributed by atoms with E-state index in [0.717, 1.165) is 22.4 Å². The molecule has 0 fully saturated rings. The Morgan fingerprint density at radius 3 is 2.58 bits per heavy atom. The summed E-state index contributed by atoms with van der Waals surface area (Å²) >= 11 is 5.92. The molecule has 0 bridgehead atoms. The summed E-state index contributed by atoms with van der Waals surface area (Å²) in [6, 6.07) is 7.53. The number of halogens is 1. The number of nitrogens with one attached hydrogen (secondary N) is 1. The van der Waals surface area contributed by atoms with Gasteiger partial charge in [-0.05, 0) is 17.7 Å². The van der Waals surface area contributed by atoms with E-state index in [9.17, 15) is 0 Å². The third-order valence-corrected chi connectivity index (χ3v) is 3.25. The average Bonchev–Trinajstić information content (AvgIpc) is 3.01. The van der Waals surface area contributed by atoms with E-state index in [1.54, 1.807) is 17.1 Å². The van der Waals surface area contributed by atoms with Crippen molar-refractivity contribution in [3.63, 3.8) is 0 Å². The second kappa shape index (κ2) is 4.44. The fourth-order valence-corrected chi connectivity index (χ4v) is 2.15. The molecule has 3 aromatic rings. The minimum Gasteiger partial charge on any atom is -0.383 e. The lowest BCUT2D eigenvalue weighted by molar-refractivity contribution is 0.782. The standard InChI is InChI=1S/C13H12ClN5/c1-19-13(15)11(8-2-4-10(14)5-3-8)12(18-19)9-6-16-17-7-9/h2-7H,15H2,1H3,(H,16,17). The van der Waals surface area contributed by atoms with Gasteiger partial charge in [-0.3, -0.25) is 9.78 Å². The third kappa shape index (κ3) is 1.98. The topological polar surface area (TPSA) is 72.5 Å². The predicted molar refractivity (Wildman–Crippen MR) is 75.6 cm³/mol. The van der Waals surface area contributed by atoms with Crippen LogP contribution in [0.25, 0.3) is 22.4 Å². The van der Waals surface area contributed by atoms with Crippen LogP contribution in [0.5, 0.6) is 0 Å². The van der Waals surface area contributed by atoms with Gasteiger partial charge in [-0.1, -0.05) is 23.7 Å². The van der Waals surface area contributed by atoms with Gasteiger partial charge >= 0.3 is 0 Å². The van der Waals surface area contributed by atoms with Crippen LogP contribution in [0.4, 0.5) is 5.82 Å². The number of hydrogen-bond acceptors (Lipinski definition) is 3. The molecule has 0 aliphatic rings. The fourth-order valence-electron chi connectivity index (χ4n) is 2.02. The predicted octanol–water partition coefficient (Wildman–Crippen LogP) is 2.71. The number of H-pyrrole nitrogens is 1. The molecule has 2 heterocycles. The highest BCUT2D eigenvalue weighted by Gasteiger charge is 2.17. The largest absolute Gasteiger partial charge is 0.383 e. The Hall–Kier alpha value is -2.27. The van der Waals surface area contributed by atoms with Crippen LogP contribution in [-0.2, 0) is 7.05 Å².